The first-order chi connectivity index (χ1) is 6.76. The molecular formula is C10H12O4. The molecule has 0 aromatic heterocycles. The van der Waals surface area contributed by atoms with Crippen LogP contribution in [0.15, 0.2) is 11.8 Å². The molecule has 0 amide bonds. The van der Waals surface area contributed by atoms with E-state index >= 15 is 0 Å². The van der Waals surface area contributed by atoms with Crippen molar-refractivity contribution in [3.8, 4) is 0 Å². The van der Waals surface area contributed by atoms with E-state index < -0.39 is 11.8 Å². The molecule has 0 radical (unpaired) electrons. The van der Waals surface area contributed by atoms with Gasteiger partial charge >= 0.3 is 5.97 Å². The van der Waals surface area contributed by atoms with Crippen LogP contribution in [0, 0.1) is 0 Å². The molecule has 1 fully saturated rings. The molecule has 0 unspecified atom stereocenters. The molecule has 0 atom stereocenters. The van der Waals surface area contributed by atoms with Crippen LogP contribution < -0.4 is 0 Å². The quantitative estimate of drug-likeness (QED) is 0.360. The summed E-state index contributed by atoms with van der Waals surface area (Å²) in [6.07, 6.45) is 6.27. The fraction of sp³-hybridized carbons (Fsp3) is 0.600. The van der Waals surface area contributed by atoms with E-state index in [1.165, 1.54) is 6.26 Å². The third-order valence-corrected chi connectivity index (χ3v) is 2.66. The van der Waals surface area contributed by atoms with E-state index in [1.54, 1.807) is 0 Å². The number of hydrogen-bond acceptors (Lipinski definition) is 4. The second-order valence-electron chi connectivity index (χ2n) is 3.67. The van der Waals surface area contributed by atoms with Crippen molar-refractivity contribution in [2.45, 2.75) is 37.9 Å². The van der Waals surface area contributed by atoms with Crippen LogP contribution in [0.4, 0.5) is 0 Å². The van der Waals surface area contributed by atoms with Gasteiger partial charge in [0.15, 0.2) is 6.29 Å². The van der Waals surface area contributed by atoms with Gasteiger partial charge in [0.25, 0.3) is 5.79 Å². The normalized spacial score (nSPS) is 24.9. The molecule has 76 valence electrons. The first-order valence-electron chi connectivity index (χ1n) is 4.82. The van der Waals surface area contributed by atoms with Crippen molar-refractivity contribution in [1.82, 2.24) is 0 Å². The first-order valence-corrected chi connectivity index (χ1v) is 4.82. The number of ether oxygens (including phenoxy) is 2. The van der Waals surface area contributed by atoms with E-state index in [0.717, 1.165) is 32.1 Å². The maximum Gasteiger partial charge on any atom is 0.347 e. The second-order valence-corrected chi connectivity index (χ2v) is 3.67. The van der Waals surface area contributed by atoms with Crippen molar-refractivity contribution in [2.24, 2.45) is 0 Å². The number of carbonyl (C=O) groups is 2. The van der Waals surface area contributed by atoms with Gasteiger partial charge < -0.3 is 9.47 Å². The molecule has 1 saturated carbocycles. The molecule has 14 heavy (non-hydrogen) atoms. The Morgan fingerprint density at radius 2 is 2.00 bits per heavy atom. The van der Waals surface area contributed by atoms with Crippen LogP contribution in [-0.4, -0.2) is 18.0 Å². The Hall–Kier alpha value is -1.32. The fourth-order valence-corrected chi connectivity index (χ4v) is 1.86. The van der Waals surface area contributed by atoms with Crippen molar-refractivity contribution in [3.63, 3.8) is 0 Å². The molecule has 2 aliphatic rings. The smallest absolute Gasteiger partial charge is 0.347 e. The molecular weight excluding hydrogens is 184 g/mol. The summed E-state index contributed by atoms with van der Waals surface area (Å²) in [5.41, 5.74) is -0.0406. The Bertz CT molecular complexity index is 286. The number of hydrogen-bond donors (Lipinski definition) is 0. The second kappa shape index (κ2) is 3.44. The third kappa shape index (κ3) is 1.52. The van der Waals surface area contributed by atoms with Crippen LogP contribution in [0.1, 0.15) is 32.1 Å². The Morgan fingerprint density at radius 3 is 2.57 bits per heavy atom. The number of rotatable bonds is 1. The third-order valence-electron chi connectivity index (χ3n) is 2.66. The average molecular weight is 196 g/mol. The molecule has 0 bridgehead atoms. The highest BCUT2D eigenvalue weighted by atomic mass is 16.7. The molecule has 1 aliphatic heterocycles. The van der Waals surface area contributed by atoms with Gasteiger partial charge in [-0.3, -0.25) is 4.79 Å². The van der Waals surface area contributed by atoms with Crippen molar-refractivity contribution in [3.05, 3.63) is 11.8 Å². The largest absolute Gasteiger partial charge is 0.459 e. The van der Waals surface area contributed by atoms with Crippen molar-refractivity contribution in [2.75, 3.05) is 0 Å². The Labute approximate surface area is 81.9 Å². The minimum atomic E-state index is -0.776. The Morgan fingerprint density at radius 1 is 1.29 bits per heavy atom. The van der Waals surface area contributed by atoms with Gasteiger partial charge in [0.1, 0.15) is 11.8 Å². The summed E-state index contributed by atoms with van der Waals surface area (Å²) < 4.78 is 10.5. The molecule has 0 aromatic rings. The first kappa shape index (κ1) is 9.24. The molecule has 2 rings (SSSR count). The molecule has 0 aromatic carbocycles. The molecule has 0 N–H and O–H groups in total. The predicted molar refractivity (Wildman–Crippen MR) is 47.1 cm³/mol. The van der Waals surface area contributed by atoms with E-state index in [0.29, 0.717) is 6.29 Å². The molecule has 1 aliphatic carbocycles. The predicted octanol–water partition coefficient (Wildman–Crippen LogP) is 1.30. The summed E-state index contributed by atoms with van der Waals surface area (Å²) in [5, 5.41) is 0. The number of carbonyl (C=O) groups excluding carboxylic acids is 2. The zero-order valence-corrected chi connectivity index (χ0v) is 7.82. The summed E-state index contributed by atoms with van der Waals surface area (Å²) in [5.74, 6) is -1.34. The SMILES string of the molecule is O=CC1=COC2(CCCCC2)OC1=O. The summed E-state index contributed by atoms with van der Waals surface area (Å²) in [6, 6.07) is 0. The molecule has 4 nitrogen and oxygen atoms in total. The highest BCUT2D eigenvalue weighted by molar-refractivity contribution is 6.07. The van der Waals surface area contributed by atoms with Gasteiger partial charge in [-0.15, -0.1) is 0 Å². The monoisotopic (exact) mass is 196 g/mol. The molecule has 1 heterocycles. The van der Waals surface area contributed by atoms with Crippen LogP contribution in [-0.2, 0) is 19.1 Å². The van der Waals surface area contributed by atoms with Gasteiger partial charge in [0.05, 0.1) is 0 Å². The van der Waals surface area contributed by atoms with Crippen LogP contribution >= 0.6 is 0 Å². The van der Waals surface area contributed by atoms with Crippen molar-refractivity contribution >= 4 is 12.3 Å². The van der Waals surface area contributed by atoms with E-state index in [1.807, 2.05) is 0 Å². The number of esters is 1. The van der Waals surface area contributed by atoms with Gasteiger partial charge in [-0.05, 0) is 12.8 Å². The Balaban J connectivity index is 2.14. The van der Waals surface area contributed by atoms with E-state index in [2.05, 4.69) is 0 Å². The maximum atomic E-state index is 11.3. The summed E-state index contributed by atoms with van der Waals surface area (Å²) in [4.78, 5) is 21.7. The summed E-state index contributed by atoms with van der Waals surface area (Å²) in [7, 11) is 0. The standard InChI is InChI=1S/C10H12O4/c11-6-8-7-13-10(14-9(8)12)4-2-1-3-5-10/h6-7H,1-5H2. The highest BCUT2D eigenvalue weighted by Gasteiger charge is 2.40. The summed E-state index contributed by atoms with van der Waals surface area (Å²) in [6.45, 7) is 0. The minimum absolute atomic E-state index is 0.0406. The zero-order valence-electron chi connectivity index (χ0n) is 7.82. The van der Waals surface area contributed by atoms with Crippen LogP contribution in [0.2, 0.25) is 0 Å². The minimum Gasteiger partial charge on any atom is -0.459 e. The maximum absolute atomic E-state index is 11.3. The fourth-order valence-electron chi connectivity index (χ4n) is 1.86. The van der Waals surface area contributed by atoms with Crippen LogP contribution in [0.5, 0.6) is 0 Å². The van der Waals surface area contributed by atoms with Gasteiger partial charge in [-0.2, -0.15) is 0 Å². The van der Waals surface area contributed by atoms with Crippen molar-refractivity contribution in [1.29, 1.82) is 0 Å². The summed E-state index contributed by atoms with van der Waals surface area (Å²) >= 11 is 0. The van der Waals surface area contributed by atoms with Crippen molar-refractivity contribution < 1.29 is 19.1 Å². The van der Waals surface area contributed by atoms with E-state index in [4.69, 9.17) is 9.47 Å². The van der Waals surface area contributed by atoms with Gasteiger partial charge in [-0.25, -0.2) is 4.79 Å². The van der Waals surface area contributed by atoms with E-state index in [9.17, 15) is 9.59 Å². The molecule has 4 heteroatoms. The average Bonchev–Trinajstić information content (AvgIpc) is 2.19. The molecule has 1 spiro atoms. The van der Waals surface area contributed by atoms with Gasteiger partial charge in [0, 0.05) is 12.8 Å². The topological polar surface area (TPSA) is 52.6 Å². The highest BCUT2D eigenvalue weighted by Crippen LogP contribution is 2.35. The van der Waals surface area contributed by atoms with Crippen LogP contribution in [0.3, 0.4) is 0 Å². The lowest BCUT2D eigenvalue weighted by atomic mass is 9.93. The van der Waals surface area contributed by atoms with Crippen LogP contribution in [0.25, 0.3) is 0 Å². The lowest BCUT2D eigenvalue weighted by molar-refractivity contribution is -0.227. The van der Waals surface area contributed by atoms with E-state index in [-0.39, 0.29) is 5.57 Å². The lowest BCUT2D eigenvalue weighted by Crippen LogP contribution is -2.42. The zero-order chi connectivity index (χ0) is 10.0. The van der Waals surface area contributed by atoms with Gasteiger partial charge in [-0.1, -0.05) is 6.42 Å². The molecule has 0 saturated heterocycles. The lowest BCUT2D eigenvalue weighted by Gasteiger charge is -2.37. The Kier molecular flexibility index (Phi) is 2.27. The number of aldehydes is 1. The van der Waals surface area contributed by atoms with Gasteiger partial charge in [0.2, 0.25) is 0 Å².